The number of likely N-dealkylation sites (tertiary alicyclic amines) is 1. The van der Waals surface area contributed by atoms with Crippen molar-refractivity contribution in [3.8, 4) is 23.2 Å². The van der Waals surface area contributed by atoms with Gasteiger partial charge in [-0.1, -0.05) is 49.4 Å². The molecule has 0 saturated carbocycles. The van der Waals surface area contributed by atoms with Crippen LogP contribution in [0.3, 0.4) is 0 Å². The van der Waals surface area contributed by atoms with Crippen LogP contribution >= 0.6 is 11.6 Å². The first-order valence-corrected chi connectivity index (χ1v) is 14.1. The summed E-state index contributed by atoms with van der Waals surface area (Å²) in [5, 5.41) is 16.1. The van der Waals surface area contributed by atoms with E-state index in [9.17, 15) is 14.7 Å². The van der Waals surface area contributed by atoms with Crippen molar-refractivity contribution in [3.63, 3.8) is 0 Å². The Morgan fingerprint density at radius 3 is 2.40 bits per heavy atom. The molecule has 0 aliphatic carbocycles. The highest BCUT2D eigenvalue weighted by atomic mass is 35.5. The molecule has 0 unspecified atom stereocenters. The Morgan fingerprint density at radius 1 is 1.02 bits per heavy atom. The van der Waals surface area contributed by atoms with Crippen LogP contribution in [0, 0.1) is 11.8 Å². The quantitative estimate of drug-likeness (QED) is 0.318. The summed E-state index contributed by atoms with van der Waals surface area (Å²) in [5.74, 6) is 6.87. The Morgan fingerprint density at radius 2 is 1.70 bits per heavy atom. The van der Waals surface area contributed by atoms with E-state index in [4.69, 9.17) is 11.6 Å². The van der Waals surface area contributed by atoms with Gasteiger partial charge in [0, 0.05) is 37.4 Å². The van der Waals surface area contributed by atoms with Gasteiger partial charge in [0.25, 0.3) is 5.56 Å². The third-order valence-electron chi connectivity index (χ3n) is 7.40. The second-order valence-electron chi connectivity index (χ2n) is 10.3. The number of hydrogen-bond acceptors (Lipinski definition) is 6. The number of nitrogens with zero attached hydrogens (tertiary/aromatic N) is 6. The van der Waals surface area contributed by atoms with Crippen LogP contribution in [0.2, 0.25) is 5.02 Å². The van der Waals surface area contributed by atoms with Crippen molar-refractivity contribution in [1.29, 1.82) is 0 Å². The van der Waals surface area contributed by atoms with Crippen molar-refractivity contribution >= 4 is 22.8 Å². The first kappa shape index (κ1) is 27.9. The molecule has 4 aromatic rings. The lowest BCUT2D eigenvalue weighted by atomic mass is 9.84. The number of aromatic amines is 1. The van der Waals surface area contributed by atoms with Gasteiger partial charge in [-0.25, -0.2) is 9.78 Å². The molecular formula is C29H34ClN7O3. The molecule has 0 amide bonds. The number of rotatable bonds is 8. The lowest BCUT2D eigenvalue weighted by molar-refractivity contribution is -0.0229. The molecule has 1 saturated heterocycles. The molecule has 0 radical (unpaired) electrons. The fraction of sp³-hybridized carbons (Fsp3) is 0.448. The molecule has 1 aliphatic heterocycles. The summed E-state index contributed by atoms with van der Waals surface area (Å²) in [4.78, 5) is 35.9. The van der Waals surface area contributed by atoms with Gasteiger partial charge < -0.3 is 10.1 Å². The average Bonchev–Trinajstić information content (AvgIpc) is 3.61. The molecule has 210 valence electrons. The molecule has 2 N–H and O–H groups in total. The Kier molecular flexibility index (Phi) is 8.26. The van der Waals surface area contributed by atoms with Crippen molar-refractivity contribution < 1.29 is 5.11 Å². The Bertz CT molecular complexity index is 1660. The maximum atomic E-state index is 13.0. The van der Waals surface area contributed by atoms with E-state index in [0.717, 1.165) is 25.1 Å². The summed E-state index contributed by atoms with van der Waals surface area (Å²) in [5.41, 5.74) is 0.813. The van der Waals surface area contributed by atoms with Crippen LogP contribution < -0.4 is 11.2 Å². The monoisotopic (exact) mass is 563 g/mol. The molecule has 1 aromatic carbocycles. The fourth-order valence-electron chi connectivity index (χ4n) is 5.16. The van der Waals surface area contributed by atoms with Gasteiger partial charge >= 0.3 is 5.69 Å². The van der Waals surface area contributed by atoms with Crippen LogP contribution in [0.15, 0.2) is 46.2 Å². The van der Waals surface area contributed by atoms with E-state index in [1.165, 1.54) is 4.57 Å². The number of hydrogen-bond donors (Lipinski definition) is 2. The SMILES string of the molecule is CCCn1c(=O)c2[nH]c(-c3cnn(CC#CCN4CCC(O)(c5ccc(Cl)cc5)CC4)c3)nc2n(CCC)c1=O. The molecule has 0 atom stereocenters. The lowest BCUT2D eigenvalue weighted by Crippen LogP contribution is -2.42. The summed E-state index contributed by atoms with van der Waals surface area (Å²) in [6.45, 7) is 7.31. The normalized spacial score (nSPS) is 15.3. The van der Waals surface area contributed by atoms with Crippen molar-refractivity contribution in [3.05, 3.63) is 68.1 Å². The van der Waals surface area contributed by atoms with Crippen molar-refractivity contribution in [1.82, 2.24) is 33.8 Å². The molecule has 1 fully saturated rings. The zero-order chi connectivity index (χ0) is 28.3. The summed E-state index contributed by atoms with van der Waals surface area (Å²) in [6, 6.07) is 7.42. The van der Waals surface area contributed by atoms with Crippen LogP contribution in [0.5, 0.6) is 0 Å². The lowest BCUT2D eigenvalue weighted by Gasteiger charge is -2.37. The number of H-pyrrole nitrogens is 1. The van der Waals surface area contributed by atoms with Crippen LogP contribution in [0.1, 0.15) is 45.1 Å². The number of nitrogens with one attached hydrogen (secondary N) is 1. The van der Waals surface area contributed by atoms with Gasteiger partial charge in [-0.05, 0) is 43.4 Å². The predicted molar refractivity (Wildman–Crippen MR) is 155 cm³/mol. The number of piperidine rings is 1. The largest absolute Gasteiger partial charge is 0.385 e. The zero-order valence-corrected chi connectivity index (χ0v) is 23.6. The van der Waals surface area contributed by atoms with E-state index < -0.39 is 5.60 Å². The first-order chi connectivity index (χ1) is 19.3. The summed E-state index contributed by atoms with van der Waals surface area (Å²) < 4.78 is 4.57. The van der Waals surface area contributed by atoms with Crippen molar-refractivity contribution in [2.24, 2.45) is 0 Å². The second kappa shape index (κ2) is 11.8. The van der Waals surface area contributed by atoms with Gasteiger partial charge in [-0.2, -0.15) is 5.10 Å². The average molecular weight is 564 g/mol. The number of aliphatic hydroxyl groups is 1. The molecule has 3 aromatic heterocycles. The zero-order valence-electron chi connectivity index (χ0n) is 22.9. The summed E-state index contributed by atoms with van der Waals surface area (Å²) in [6.07, 6.45) is 6.22. The van der Waals surface area contributed by atoms with Crippen LogP contribution in [0.25, 0.3) is 22.6 Å². The van der Waals surface area contributed by atoms with Crippen LogP contribution in [-0.4, -0.2) is 58.5 Å². The topological polar surface area (TPSA) is 114 Å². The molecule has 0 bridgehead atoms. The van der Waals surface area contributed by atoms with E-state index in [0.29, 0.717) is 73.0 Å². The van der Waals surface area contributed by atoms with Gasteiger partial charge in [0.15, 0.2) is 5.65 Å². The fourth-order valence-corrected chi connectivity index (χ4v) is 5.28. The highest BCUT2D eigenvalue weighted by Gasteiger charge is 2.33. The van der Waals surface area contributed by atoms with E-state index in [2.05, 4.69) is 31.8 Å². The summed E-state index contributed by atoms with van der Waals surface area (Å²) in [7, 11) is 0. The van der Waals surface area contributed by atoms with Crippen molar-refractivity contribution in [2.45, 2.75) is 64.8 Å². The minimum atomic E-state index is -0.829. The standard InChI is InChI=1S/C29H34ClN7O3/c1-3-13-36-26-24(27(38)37(14-4-2)28(36)39)32-25(33-26)21-19-31-35(20-21)16-6-5-15-34-17-11-29(40,12-18-34)22-7-9-23(30)10-8-22/h7-10,19-20,40H,3-4,11-18H2,1-2H3,(H,32,33). The number of halogens is 1. The number of benzene rings is 1. The van der Waals surface area contributed by atoms with Crippen LogP contribution in [0.4, 0.5) is 0 Å². The van der Waals surface area contributed by atoms with Crippen LogP contribution in [-0.2, 0) is 25.2 Å². The van der Waals surface area contributed by atoms with Gasteiger partial charge in [0.2, 0.25) is 0 Å². The predicted octanol–water partition coefficient (Wildman–Crippen LogP) is 3.21. The Labute approximate surface area is 237 Å². The van der Waals surface area contributed by atoms with Gasteiger partial charge in [0.05, 0.1) is 23.9 Å². The highest BCUT2D eigenvalue weighted by molar-refractivity contribution is 6.30. The van der Waals surface area contributed by atoms with Crippen molar-refractivity contribution in [2.75, 3.05) is 19.6 Å². The number of aryl methyl sites for hydroxylation is 1. The summed E-state index contributed by atoms with van der Waals surface area (Å²) >= 11 is 5.99. The maximum absolute atomic E-state index is 13.0. The van der Waals surface area contributed by atoms with Gasteiger partial charge in [0.1, 0.15) is 17.9 Å². The van der Waals surface area contributed by atoms with E-state index in [1.54, 1.807) is 15.4 Å². The molecule has 1 aliphatic rings. The van der Waals surface area contributed by atoms with E-state index in [-0.39, 0.29) is 11.2 Å². The molecule has 4 heterocycles. The first-order valence-electron chi connectivity index (χ1n) is 13.8. The molecule has 10 nitrogen and oxygen atoms in total. The number of fused-ring (bicyclic) bond motifs is 1. The Hall–Kier alpha value is -3.65. The maximum Gasteiger partial charge on any atom is 0.332 e. The van der Waals surface area contributed by atoms with Gasteiger partial charge in [-0.3, -0.25) is 23.5 Å². The highest BCUT2D eigenvalue weighted by Crippen LogP contribution is 2.33. The molecule has 0 spiro atoms. The molecular weight excluding hydrogens is 530 g/mol. The number of imidazole rings is 1. The minimum Gasteiger partial charge on any atom is -0.385 e. The number of aromatic nitrogens is 6. The van der Waals surface area contributed by atoms with Gasteiger partial charge in [-0.15, -0.1) is 0 Å². The third-order valence-corrected chi connectivity index (χ3v) is 7.65. The molecule has 5 rings (SSSR count). The third kappa shape index (κ3) is 5.63. The minimum absolute atomic E-state index is 0.325. The second-order valence-corrected chi connectivity index (χ2v) is 10.7. The van der Waals surface area contributed by atoms with E-state index >= 15 is 0 Å². The van der Waals surface area contributed by atoms with E-state index in [1.807, 2.05) is 44.3 Å². The molecule has 40 heavy (non-hydrogen) atoms. The molecule has 11 heteroatoms. The Balaban J connectivity index is 1.23. The smallest absolute Gasteiger partial charge is 0.332 e.